The van der Waals surface area contributed by atoms with Crippen LogP contribution in [0, 0.1) is 0 Å². The smallest absolute Gasteiger partial charge is 0.167 e. The lowest BCUT2D eigenvalue weighted by Gasteiger charge is -2.16. The van der Waals surface area contributed by atoms with Crippen LogP contribution in [0.1, 0.15) is 42.1 Å². The van der Waals surface area contributed by atoms with E-state index in [0.29, 0.717) is 22.2 Å². The Labute approximate surface area is 112 Å². The van der Waals surface area contributed by atoms with Gasteiger partial charge in [-0.05, 0) is 23.6 Å². The summed E-state index contributed by atoms with van der Waals surface area (Å²) in [4.78, 5) is 11.9. The van der Waals surface area contributed by atoms with Crippen molar-refractivity contribution in [1.82, 2.24) is 0 Å². The average Bonchev–Trinajstić information content (AvgIpc) is 2.28. The van der Waals surface area contributed by atoms with Crippen molar-refractivity contribution in [1.29, 1.82) is 0 Å². The molecule has 0 aliphatic heterocycles. The van der Waals surface area contributed by atoms with Crippen LogP contribution in [0.4, 0.5) is 0 Å². The first kappa shape index (κ1) is 14.3. The first-order valence-electron chi connectivity index (χ1n) is 5.47. The summed E-state index contributed by atoms with van der Waals surface area (Å²) in [5.41, 5.74) is 1.46. The summed E-state index contributed by atoms with van der Waals surface area (Å²) >= 11 is 11.6. The Morgan fingerprint density at radius 2 is 2.06 bits per heavy atom. The molecule has 0 unspecified atom stereocenters. The largest absolute Gasteiger partial charge is 0.496 e. The molecule has 0 aliphatic rings. The summed E-state index contributed by atoms with van der Waals surface area (Å²) in [5, 5.41) is 0.549. The number of ketones is 1. The van der Waals surface area contributed by atoms with Crippen LogP contribution >= 0.6 is 23.2 Å². The van der Waals surface area contributed by atoms with Crippen molar-refractivity contribution >= 4 is 29.0 Å². The van der Waals surface area contributed by atoms with E-state index in [1.165, 1.54) is 0 Å². The van der Waals surface area contributed by atoms with E-state index in [0.717, 1.165) is 5.56 Å². The van der Waals surface area contributed by atoms with Crippen molar-refractivity contribution in [3.05, 3.63) is 28.3 Å². The third-order valence-corrected chi connectivity index (χ3v) is 2.94. The molecule has 0 aromatic heterocycles. The minimum absolute atomic E-state index is 0.0405. The number of halogens is 2. The van der Waals surface area contributed by atoms with Gasteiger partial charge in [0.15, 0.2) is 5.78 Å². The van der Waals surface area contributed by atoms with Crippen LogP contribution in [0.3, 0.4) is 0 Å². The van der Waals surface area contributed by atoms with Crippen LogP contribution in [0.15, 0.2) is 12.1 Å². The minimum Gasteiger partial charge on any atom is -0.496 e. The van der Waals surface area contributed by atoms with E-state index in [1.54, 1.807) is 13.2 Å². The van der Waals surface area contributed by atoms with Crippen LogP contribution in [0.5, 0.6) is 5.75 Å². The van der Waals surface area contributed by atoms with Gasteiger partial charge in [0.2, 0.25) is 0 Å². The van der Waals surface area contributed by atoms with Crippen molar-refractivity contribution in [3.63, 3.8) is 0 Å². The van der Waals surface area contributed by atoms with Gasteiger partial charge in [-0.3, -0.25) is 4.79 Å². The lowest BCUT2D eigenvalue weighted by atomic mass is 9.96. The molecule has 0 amide bonds. The maximum atomic E-state index is 11.9. The second-order valence-corrected chi connectivity index (χ2v) is 4.91. The van der Waals surface area contributed by atoms with E-state index in [1.807, 2.05) is 19.9 Å². The number of hydrogen-bond acceptors (Lipinski definition) is 2. The molecule has 0 fully saturated rings. The molecule has 94 valence electrons. The van der Waals surface area contributed by atoms with Crippen LogP contribution < -0.4 is 4.74 Å². The van der Waals surface area contributed by atoms with Gasteiger partial charge in [0.25, 0.3) is 0 Å². The average molecular weight is 275 g/mol. The van der Waals surface area contributed by atoms with Crippen LogP contribution in [0.25, 0.3) is 0 Å². The molecule has 2 nitrogen and oxygen atoms in total. The summed E-state index contributed by atoms with van der Waals surface area (Å²) in [7, 11) is 1.56. The Kier molecular flexibility index (Phi) is 5.29. The lowest BCUT2D eigenvalue weighted by Crippen LogP contribution is -2.06. The van der Waals surface area contributed by atoms with Crippen molar-refractivity contribution in [2.24, 2.45) is 0 Å². The first-order chi connectivity index (χ1) is 8.01. The van der Waals surface area contributed by atoms with E-state index < -0.39 is 0 Å². The fourth-order valence-electron chi connectivity index (χ4n) is 1.70. The van der Waals surface area contributed by atoms with Gasteiger partial charge < -0.3 is 4.74 Å². The third-order valence-electron chi connectivity index (χ3n) is 2.53. The molecule has 0 bridgehead atoms. The number of ether oxygens (including phenoxy) is 1. The number of methoxy groups -OCH3 is 1. The fraction of sp³-hybridized carbons (Fsp3) is 0.462. The molecule has 0 atom stereocenters. The highest BCUT2D eigenvalue weighted by molar-refractivity contribution is 6.31. The molecule has 0 heterocycles. The highest BCUT2D eigenvalue weighted by atomic mass is 35.5. The normalized spacial score (nSPS) is 10.7. The fourth-order valence-corrected chi connectivity index (χ4v) is 2.10. The number of benzene rings is 1. The van der Waals surface area contributed by atoms with E-state index in [4.69, 9.17) is 27.9 Å². The second-order valence-electron chi connectivity index (χ2n) is 4.09. The lowest BCUT2D eigenvalue weighted by molar-refractivity contribution is 0.0986. The van der Waals surface area contributed by atoms with Crippen LogP contribution in [-0.4, -0.2) is 18.8 Å². The summed E-state index contributed by atoms with van der Waals surface area (Å²) < 4.78 is 5.34. The van der Waals surface area contributed by atoms with Crippen LogP contribution in [-0.2, 0) is 0 Å². The van der Waals surface area contributed by atoms with E-state index in [2.05, 4.69) is 0 Å². The van der Waals surface area contributed by atoms with Gasteiger partial charge in [0.1, 0.15) is 5.75 Å². The summed E-state index contributed by atoms with van der Waals surface area (Å²) in [6.45, 7) is 4.06. The topological polar surface area (TPSA) is 26.3 Å². The third kappa shape index (κ3) is 3.36. The highest BCUT2D eigenvalue weighted by Gasteiger charge is 2.18. The van der Waals surface area contributed by atoms with Gasteiger partial charge in [0.05, 0.1) is 12.7 Å². The molecule has 0 saturated heterocycles. The zero-order valence-corrected chi connectivity index (χ0v) is 11.7. The van der Waals surface area contributed by atoms with Crippen molar-refractivity contribution in [2.75, 3.05) is 13.0 Å². The molecule has 17 heavy (non-hydrogen) atoms. The number of carbonyl (C=O) groups excluding carboxylic acids is 1. The van der Waals surface area contributed by atoms with Crippen molar-refractivity contribution in [3.8, 4) is 5.75 Å². The molecule has 1 aromatic rings. The van der Waals surface area contributed by atoms with Gasteiger partial charge >= 0.3 is 0 Å². The zero-order chi connectivity index (χ0) is 13.0. The van der Waals surface area contributed by atoms with Gasteiger partial charge in [-0.25, -0.2) is 0 Å². The second kappa shape index (κ2) is 6.27. The number of rotatable bonds is 5. The summed E-state index contributed by atoms with van der Waals surface area (Å²) in [6.07, 6.45) is 0.287. The minimum atomic E-state index is -0.0405. The monoisotopic (exact) mass is 274 g/mol. The SMILES string of the molecule is COc1c(C(=O)CCCl)cc(Cl)cc1C(C)C. The summed E-state index contributed by atoms with van der Waals surface area (Å²) in [6, 6.07) is 3.48. The molecule has 0 spiro atoms. The maximum absolute atomic E-state index is 11.9. The molecular formula is C13H16Cl2O2. The summed E-state index contributed by atoms with van der Waals surface area (Å²) in [5.74, 6) is 1.11. The van der Waals surface area contributed by atoms with E-state index in [9.17, 15) is 4.79 Å². The maximum Gasteiger partial charge on any atom is 0.167 e. The number of alkyl halides is 1. The standard InChI is InChI=1S/C13H16Cl2O2/c1-8(2)10-6-9(15)7-11(13(10)17-3)12(16)4-5-14/h6-8H,4-5H2,1-3H3. The molecule has 4 heteroatoms. The molecule has 0 aliphatic carbocycles. The predicted octanol–water partition coefficient (Wildman–Crippen LogP) is 4.28. The molecule has 1 aromatic carbocycles. The quantitative estimate of drug-likeness (QED) is 0.592. The van der Waals surface area contributed by atoms with Crippen molar-refractivity contribution in [2.45, 2.75) is 26.2 Å². The zero-order valence-electron chi connectivity index (χ0n) is 10.2. The number of carbonyl (C=O) groups is 1. The molecule has 0 N–H and O–H groups in total. The molecule has 1 rings (SSSR count). The predicted molar refractivity (Wildman–Crippen MR) is 71.8 cm³/mol. The molecular weight excluding hydrogens is 259 g/mol. The van der Waals surface area contributed by atoms with Gasteiger partial charge in [-0.2, -0.15) is 0 Å². The Morgan fingerprint density at radius 1 is 1.41 bits per heavy atom. The Bertz CT molecular complexity index is 414. The number of Topliss-reactive ketones (excluding diaryl/α,β-unsaturated/α-hetero) is 1. The Hall–Kier alpha value is -0.730. The number of hydrogen-bond donors (Lipinski definition) is 0. The Balaban J connectivity index is 3.32. The van der Waals surface area contributed by atoms with Crippen LogP contribution in [0.2, 0.25) is 5.02 Å². The van der Waals surface area contributed by atoms with E-state index >= 15 is 0 Å². The molecule has 0 saturated carbocycles. The highest BCUT2D eigenvalue weighted by Crippen LogP contribution is 2.34. The van der Waals surface area contributed by atoms with E-state index in [-0.39, 0.29) is 18.1 Å². The Morgan fingerprint density at radius 3 is 2.53 bits per heavy atom. The van der Waals surface area contributed by atoms with Gasteiger partial charge in [-0.1, -0.05) is 25.4 Å². The van der Waals surface area contributed by atoms with Gasteiger partial charge in [-0.15, -0.1) is 11.6 Å². The van der Waals surface area contributed by atoms with Gasteiger partial charge in [0, 0.05) is 17.3 Å². The molecule has 0 radical (unpaired) electrons. The first-order valence-corrected chi connectivity index (χ1v) is 6.39. The van der Waals surface area contributed by atoms with Crippen molar-refractivity contribution < 1.29 is 9.53 Å².